The average Bonchev–Trinajstić information content (AvgIpc) is 3.14. The fraction of sp³-hybridized carbons (Fsp3) is 0.333. The molecule has 0 unspecified atom stereocenters. The molecule has 2 aromatic heterocycles. The van der Waals surface area contributed by atoms with Gasteiger partial charge in [0.25, 0.3) is 0 Å². The number of hydrogen-bond donors (Lipinski definition) is 0. The van der Waals surface area contributed by atoms with Crippen molar-refractivity contribution < 1.29 is 14.3 Å². The fourth-order valence-corrected chi connectivity index (χ4v) is 4.49. The van der Waals surface area contributed by atoms with E-state index in [1.807, 2.05) is 29.7 Å². The van der Waals surface area contributed by atoms with E-state index in [-0.39, 0.29) is 5.78 Å². The minimum atomic E-state index is -0.418. The van der Waals surface area contributed by atoms with Gasteiger partial charge in [-0.3, -0.25) is 14.7 Å². The molecule has 1 fully saturated rings. The minimum absolute atomic E-state index is 0.0547. The van der Waals surface area contributed by atoms with Gasteiger partial charge >= 0.3 is 5.97 Å². The number of piperidine rings is 1. The van der Waals surface area contributed by atoms with E-state index in [9.17, 15) is 14.9 Å². The summed E-state index contributed by atoms with van der Waals surface area (Å²) in [6.07, 6.45) is 8.15. The maximum absolute atomic E-state index is 13.5. The highest BCUT2D eigenvalue weighted by molar-refractivity contribution is 6.09. The number of fused-ring (bicyclic) bond motifs is 1. The van der Waals surface area contributed by atoms with Crippen molar-refractivity contribution in [1.29, 1.82) is 5.26 Å². The van der Waals surface area contributed by atoms with Crippen molar-refractivity contribution in [2.75, 3.05) is 26.2 Å². The van der Waals surface area contributed by atoms with E-state index in [2.05, 4.69) is 16.0 Å². The number of benzene rings is 1. The summed E-state index contributed by atoms with van der Waals surface area (Å²) in [5.41, 5.74) is 4.96. The zero-order valence-electron chi connectivity index (χ0n) is 19.6. The van der Waals surface area contributed by atoms with Crippen molar-refractivity contribution in [2.45, 2.75) is 33.1 Å². The number of likely N-dealkylation sites (tertiary alicyclic amines) is 1. The van der Waals surface area contributed by atoms with Crippen LogP contribution in [-0.2, 0) is 9.53 Å². The Balaban J connectivity index is 1.80. The number of ketones is 1. The van der Waals surface area contributed by atoms with Crippen LogP contribution in [0.4, 0.5) is 0 Å². The Bertz CT molecular complexity index is 1280. The van der Waals surface area contributed by atoms with Crippen LogP contribution < -0.4 is 0 Å². The number of nitriles is 1. The van der Waals surface area contributed by atoms with Crippen molar-refractivity contribution in [1.82, 2.24) is 14.5 Å². The molecule has 174 valence electrons. The number of esters is 1. The van der Waals surface area contributed by atoms with Gasteiger partial charge in [-0.05, 0) is 81.7 Å². The molecule has 0 radical (unpaired) electrons. The molecule has 7 nitrogen and oxygen atoms in total. The number of Topliss-reactive ketones (excluding diaryl/α,β-unsaturated/α-hetero) is 1. The summed E-state index contributed by atoms with van der Waals surface area (Å²) in [7, 11) is 0. The number of pyridine rings is 1. The van der Waals surface area contributed by atoms with Crippen LogP contribution in [0.3, 0.4) is 0 Å². The highest BCUT2D eigenvalue weighted by Crippen LogP contribution is 2.30. The van der Waals surface area contributed by atoms with Crippen LogP contribution in [0.15, 0.2) is 42.6 Å². The predicted molar refractivity (Wildman–Crippen MR) is 131 cm³/mol. The van der Waals surface area contributed by atoms with Crippen LogP contribution in [0.1, 0.15) is 53.4 Å². The second-order valence-corrected chi connectivity index (χ2v) is 8.44. The van der Waals surface area contributed by atoms with Crippen molar-refractivity contribution in [3.8, 4) is 11.8 Å². The second kappa shape index (κ2) is 10.4. The number of nitrogens with zero attached hydrogens (tertiary/aromatic N) is 4. The van der Waals surface area contributed by atoms with Gasteiger partial charge in [0, 0.05) is 23.7 Å². The molecule has 3 aromatic rings. The first-order valence-electron chi connectivity index (χ1n) is 11.6. The lowest BCUT2D eigenvalue weighted by atomic mass is 10.1. The largest absolute Gasteiger partial charge is 0.463 e. The van der Waals surface area contributed by atoms with Crippen molar-refractivity contribution in [3.63, 3.8) is 0 Å². The fourth-order valence-electron chi connectivity index (χ4n) is 4.49. The van der Waals surface area contributed by atoms with Gasteiger partial charge in [-0.2, -0.15) is 5.26 Å². The van der Waals surface area contributed by atoms with Gasteiger partial charge in [0.1, 0.15) is 0 Å². The number of aromatic nitrogens is 2. The average molecular weight is 457 g/mol. The monoisotopic (exact) mass is 456 g/mol. The van der Waals surface area contributed by atoms with Crippen LogP contribution >= 0.6 is 0 Å². The first kappa shape index (κ1) is 23.4. The van der Waals surface area contributed by atoms with E-state index in [4.69, 9.17) is 4.74 Å². The molecular formula is C27H28N4O3. The lowest BCUT2D eigenvalue weighted by molar-refractivity contribution is -0.137. The van der Waals surface area contributed by atoms with Crippen molar-refractivity contribution in [2.24, 2.45) is 0 Å². The molecule has 0 N–H and O–H groups in total. The lowest BCUT2D eigenvalue weighted by Gasteiger charge is -2.25. The number of ether oxygens (including phenoxy) is 1. The molecule has 0 spiro atoms. The lowest BCUT2D eigenvalue weighted by Crippen LogP contribution is -2.34. The standard InChI is InChI=1S/C27H28N4O3/c1-3-34-25(33)12-9-21-15-23-27(29-17-21)26(24(32)18-30-13-5-4-6-14-30)19(2)31(23)22-10-7-20(16-28)8-11-22/h7-12,15,17H,3-6,13-14,18H2,1-2H3/b12-9+. The van der Waals surface area contributed by atoms with Gasteiger partial charge in [-0.15, -0.1) is 0 Å². The summed E-state index contributed by atoms with van der Waals surface area (Å²) < 4.78 is 6.96. The number of hydrogen-bond acceptors (Lipinski definition) is 6. The Labute approximate surface area is 199 Å². The summed E-state index contributed by atoms with van der Waals surface area (Å²) in [6.45, 7) is 6.25. The molecule has 0 saturated carbocycles. The molecule has 3 heterocycles. The molecule has 1 aromatic carbocycles. The Kier molecular flexibility index (Phi) is 7.19. The van der Waals surface area contributed by atoms with Crippen LogP contribution in [0.25, 0.3) is 22.8 Å². The van der Waals surface area contributed by atoms with Crippen LogP contribution in [0, 0.1) is 18.3 Å². The third kappa shape index (κ3) is 4.92. The van der Waals surface area contributed by atoms with Gasteiger partial charge in [0.2, 0.25) is 0 Å². The van der Waals surface area contributed by atoms with E-state index in [0.717, 1.165) is 48.4 Å². The van der Waals surface area contributed by atoms with E-state index >= 15 is 0 Å². The maximum atomic E-state index is 13.5. The molecular weight excluding hydrogens is 428 g/mol. The Hall–Kier alpha value is -3.76. The molecule has 1 saturated heterocycles. The van der Waals surface area contributed by atoms with Gasteiger partial charge in [-0.1, -0.05) is 6.42 Å². The zero-order chi connectivity index (χ0) is 24.1. The molecule has 1 aliphatic heterocycles. The smallest absolute Gasteiger partial charge is 0.330 e. The van der Waals surface area contributed by atoms with Gasteiger partial charge in [0.05, 0.1) is 41.4 Å². The van der Waals surface area contributed by atoms with Gasteiger partial charge < -0.3 is 9.30 Å². The first-order valence-corrected chi connectivity index (χ1v) is 11.6. The predicted octanol–water partition coefficient (Wildman–Crippen LogP) is 4.45. The summed E-state index contributed by atoms with van der Waals surface area (Å²) >= 11 is 0. The number of carbonyl (C=O) groups excluding carboxylic acids is 2. The molecule has 34 heavy (non-hydrogen) atoms. The normalized spacial score (nSPS) is 14.4. The van der Waals surface area contributed by atoms with Gasteiger partial charge in [0.15, 0.2) is 5.78 Å². The highest BCUT2D eigenvalue weighted by atomic mass is 16.5. The van der Waals surface area contributed by atoms with Gasteiger partial charge in [-0.25, -0.2) is 4.79 Å². The highest BCUT2D eigenvalue weighted by Gasteiger charge is 2.24. The summed E-state index contributed by atoms with van der Waals surface area (Å²) in [5.74, 6) is -0.363. The first-order chi connectivity index (χ1) is 16.5. The third-order valence-corrected chi connectivity index (χ3v) is 6.11. The maximum Gasteiger partial charge on any atom is 0.330 e. The Morgan fingerprint density at radius 3 is 2.59 bits per heavy atom. The van der Waals surface area contributed by atoms with Crippen molar-refractivity contribution >= 4 is 28.9 Å². The zero-order valence-corrected chi connectivity index (χ0v) is 19.6. The van der Waals surface area contributed by atoms with E-state index in [1.165, 1.54) is 12.5 Å². The third-order valence-electron chi connectivity index (χ3n) is 6.11. The molecule has 0 atom stereocenters. The molecule has 0 aliphatic carbocycles. The molecule has 7 heteroatoms. The van der Waals surface area contributed by atoms with Crippen LogP contribution in [-0.4, -0.2) is 52.4 Å². The topological polar surface area (TPSA) is 88.2 Å². The second-order valence-electron chi connectivity index (χ2n) is 8.44. The molecule has 4 rings (SSSR count). The van der Waals surface area contributed by atoms with E-state index in [1.54, 1.807) is 31.3 Å². The SMILES string of the molecule is CCOC(=O)/C=C/c1cnc2c(C(=O)CN3CCCCC3)c(C)n(-c3ccc(C#N)cc3)c2c1. The number of carbonyl (C=O) groups is 2. The van der Waals surface area contributed by atoms with E-state index < -0.39 is 5.97 Å². The number of rotatable bonds is 7. The summed E-state index contributed by atoms with van der Waals surface area (Å²) in [4.78, 5) is 32.1. The molecule has 0 bridgehead atoms. The summed E-state index contributed by atoms with van der Waals surface area (Å²) in [6, 6.07) is 11.3. The molecule has 1 aliphatic rings. The van der Waals surface area contributed by atoms with E-state index in [0.29, 0.717) is 29.8 Å². The van der Waals surface area contributed by atoms with Crippen LogP contribution in [0.2, 0.25) is 0 Å². The Morgan fingerprint density at radius 1 is 1.18 bits per heavy atom. The Morgan fingerprint density at radius 2 is 1.91 bits per heavy atom. The molecule has 0 amide bonds. The van der Waals surface area contributed by atoms with Crippen molar-refractivity contribution in [3.05, 3.63) is 65.0 Å². The summed E-state index contributed by atoms with van der Waals surface area (Å²) in [5, 5.41) is 9.18. The minimum Gasteiger partial charge on any atom is -0.463 e. The van der Waals surface area contributed by atoms with Crippen LogP contribution in [0.5, 0.6) is 0 Å². The quantitative estimate of drug-likeness (QED) is 0.296.